The lowest BCUT2D eigenvalue weighted by molar-refractivity contribution is 0.111. The molecule has 31 heavy (non-hydrogen) atoms. The zero-order valence-corrected chi connectivity index (χ0v) is 18.1. The Morgan fingerprint density at radius 2 is 1.26 bits per heavy atom. The number of hydrogen-bond donors (Lipinski definition) is 2. The van der Waals surface area contributed by atoms with Gasteiger partial charge in [0.2, 0.25) is 0 Å². The van der Waals surface area contributed by atoms with Gasteiger partial charge in [-0.25, -0.2) is 0 Å². The van der Waals surface area contributed by atoms with Crippen LogP contribution in [0.4, 0.5) is 0 Å². The van der Waals surface area contributed by atoms with Crippen LogP contribution in [0.3, 0.4) is 0 Å². The van der Waals surface area contributed by atoms with Gasteiger partial charge in [-0.2, -0.15) is 0 Å². The van der Waals surface area contributed by atoms with Crippen molar-refractivity contribution in [1.82, 2.24) is 4.90 Å². The smallest absolute Gasteiger partial charge is 0.153 e. The number of phenolic OH excluding ortho intramolecular Hbond substituents is 2. The maximum absolute atomic E-state index is 11.3. The molecule has 0 atom stereocenters. The first-order valence-electron chi connectivity index (χ1n) is 9.60. The summed E-state index contributed by atoms with van der Waals surface area (Å²) in [7, 11) is 0. The molecule has 0 saturated heterocycles. The molecule has 0 amide bonds. The second kappa shape index (κ2) is 10.4. The highest BCUT2D eigenvalue weighted by Crippen LogP contribution is 2.30. The lowest BCUT2D eigenvalue weighted by Gasteiger charge is -2.24. The molecule has 0 fully saturated rings. The first-order chi connectivity index (χ1) is 14.9. The predicted molar refractivity (Wildman–Crippen MR) is 121 cm³/mol. The van der Waals surface area contributed by atoms with Crippen molar-refractivity contribution in [2.45, 2.75) is 19.5 Å². The van der Waals surface area contributed by atoms with Gasteiger partial charge < -0.3 is 10.2 Å². The maximum atomic E-state index is 11.3. The second-order valence-electron chi connectivity index (χ2n) is 7.19. The summed E-state index contributed by atoms with van der Waals surface area (Å²) in [6, 6.07) is 15.9. The Kier molecular flexibility index (Phi) is 7.69. The number of nitrogens with zero attached hydrogens (tertiary/aromatic N) is 1. The van der Waals surface area contributed by atoms with Crippen molar-refractivity contribution in [3.8, 4) is 11.5 Å². The molecule has 0 aliphatic heterocycles. The first kappa shape index (κ1) is 22.8. The van der Waals surface area contributed by atoms with Crippen LogP contribution in [0.25, 0.3) is 0 Å². The number of aldehydes is 2. The molecule has 0 bridgehead atoms. The molecule has 0 unspecified atom stereocenters. The van der Waals surface area contributed by atoms with Gasteiger partial charge in [-0.3, -0.25) is 14.5 Å². The zero-order chi connectivity index (χ0) is 22.4. The first-order valence-corrected chi connectivity index (χ1v) is 10.4. The number of benzene rings is 3. The molecular weight excluding hydrogens is 437 g/mol. The van der Waals surface area contributed by atoms with Gasteiger partial charge in [0.25, 0.3) is 0 Å². The molecule has 0 aliphatic carbocycles. The third kappa shape index (κ3) is 5.85. The molecule has 2 N–H and O–H groups in total. The van der Waals surface area contributed by atoms with Crippen molar-refractivity contribution in [3.05, 3.63) is 92.5 Å². The van der Waals surface area contributed by atoms with Crippen molar-refractivity contribution in [1.29, 1.82) is 0 Å². The minimum atomic E-state index is -0.131. The highest BCUT2D eigenvalue weighted by atomic mass is 35.5. The molecular formula is C24H21Cl2NO4. The van der Waals surface area contributed by atoms with Gasteiger partial charge in [0.1, 0.15) is 11.5 Å². The summed E-state index contributed by atoms with van der Waals surface area (Å²) >= 11 is 12.2. The molecule has 3 aromatic carbocycles. The molecule has 0 spiro atoms. The molecule has 0 aliphatic rings. The van der Waals surface area contributed by atoms with Crippen LogP contribution in [-0.2, 0) is 19.5 Å². The average molecular weight is 458 g/mol. The molecule has 0 radical (unpaired) electrons. The molecule has 7 heteroatoms. The van der Waals surface area contributed by atoms with Crippen molar-refractivity contribution in [2.75, 3.05) is 6.54 Å². The molecule has 0 saturated carbocycles. The summed E-state index contributed by atoms with van der Waals surface area (Å²) in [5.74, 6) is -0.263. The van der Waals surface area contributed by atoms with Gasteiger partial charge in [-0.15, -0.1) is 0 Å². The number of rotatable bonds is 9. The Balaban J connectivity index is 1.92. The lowest BCUT2D eigenvalue weighted by Crippen LogP contribution is -2.25. The Hall–Kier alpha value is -2.86. The number of hydrogen-bond acceptors (Lipinski definition) is 5. The van der Waals surface area contributed by atoms with Crippen molar-refractivity contribution in [3.63, 3.8) is 0 Å². The van der Waals surface area contributed by atoms with E-state index in [2.05, 4.69) is 0 Å². The maximum Gasteiger partial charge on any atom is 0.153 e. The van der Waals surface area contributed by atoms with Crippen LogP contribution in [0.5, 0.6) is 11.5 Å². The van der Waals surface area contributed by atoms with Crippen molar-refractivity contribution >= 4 is 35.8 Å². The van der Waals surface area contributed by atoms with Crippen LogP contribution in [-0.4, -0.2) is 34.2 Å². The van der Waals surface area contributed by atoms with E-state index < -0.39 is 0 Å². The van der Waals surface area contributed by atoms with E-state index in [1.165, 1.54) is 12.1 Å². The normalized spacial score (nSPS) is 10.9. The molecule has 5 nitrogen and oxygen atoms in total. The fourth-order valence-corrected chi connectivity index (χ4v) is 3.90. The van der Waals surface area contributed by atoms with Crippen molar-refractivity contribution in [2.24, 2.45) is 0 Å². The number of phenols is 2. The summed E-state index contributed by atoms with van der Waals surface area (Å²) in [6.07, 6.45) is 1.82. The van der Waals surface area contributed by atoms with Crippen LogP contribution >= 0.6 is 23.2 Å². The average Bonchev–Trinajstić information content (AvgIpc) is 2.77. The van der Waals surface area contributed by atoms with E-state index in [0.717, 1.165) is 5.56 Å². The Morgan fingerprint density at radius 3 is 1.71 bits per heavy atom. The summed E-state index contributed by atoms with van der Waals surface area (Å²) in [5.41, 5.74) is 2.32. The zero-order valence-electron chi connectivity index (χ0n) is 16.6. The highest BCUT2D eigenvalue weighted by Gasteiger charge is 2.17. The van der Waals surface area contributed by atoms with E-state index >= 15 is 0 Å². The monoisotopic (exact) mass is 457 g/mol. The van der Waals surface area contributed by atoms with Gasteiger partial charge in [0, 0.05) is 40.8 Å². The Bertz CT molecular complexity index is 1020. The van der Waals surface area contributed by atoms with Crippen LogP contribution in [0.15, 0.2) is 54.6 Å². The topological polar surface area (TPSA) is 77.8 Å². The Labute approximate surface area is 190 Å². The van der Waals surface area contributed by atoms with E-state index in [1.807, 2.05) is 35.2 Å². The summed E-state index contributed by atoms with van der Waals surface area (Å²) in [4.78, 5) is 24.5. The lowest BCUT2D eigenvalue weighted by atomic mass is 10.1. The second-order valence-corrected chi connectivity index (χ2v) is 8.06. The largest absolute Gasteiger partial charge is 0.507 e. The standard InChI is InChI=1S/C24H21Cl2NO4/c25-21-8-17(23(30)19(10-21)14-28)12-27(7-6-16-4-2-1-3-5-16)13-18-9-22(26)11-20(15-29)24(18)31/h1-5,8-11,14-15,30-31H,6-7,12-13H2. The fraction of sp³-hybridized carbons (Fsp3) is 0.167. The minimum absolute atomic E-state index is 0.111. The summed E-state index contributed by atoms with van der Waals surface area (Å²) < 4.78 is 0. The van der Waals surface area contributed by atoms with Gasteiger partial charge in [-0.1, -0.05) is 53.5 Å². The van der Waals surface area contributed by atoms with Crippen LogP contribution < -0.4 is 0 Å². The van der Waals surface area contributed by atoms with E-state index in [4.69, 9.17) is 23.2 Å². The third-order valence-electron chi connectivity index (χ3n) is 4.97. The fourth-order valence-electron chi connectivity index (χ4n) is 3.41. The van der Waals surface area contributed by atoms with Gasteiger partial charge in [0.05, 0.1) is 11.1 Å². The van der Waals surface area contributed by atoms with Gasteiger partial charge >= 0.3 is 0 Å². The van der Waals surface area contributed by atoms with E-state index in [1.54, 1.807) is 12.1 Å². The predicted octanol–water partition coefficient (Wildman–Crippen LogP) is 5.27. The Morgan fingerprint density at radius 1 is 0.774 bits per heavy atom. The van der Waals surface area contributed by atoms with Crippen LogP contribution in [0, 0.1) is 0 Å². The number of halogens is 2. The van der Waals surface area contributed by atoms with E-state index in [9.17, 15) is 19.8 Å². The molecule has 160 valence electrons. The van der Waals surface area contributed by atoms with Gasteiger partial charge in [-0.05, 0) is 36.2 Å². The van der Waals surface area contributed by atoms with Gasteiger partial charge in [0.15, 0.2) is 12.6 Å². The van der Waals surface area contributed by atoms with E-state index in [-0.39, 0.29) is 35.7 Å². The summed E-state index contributed by atoms with van der Waals surface area (Å²) in [6.45, 7) is 1.11. The number of aromatic hydroxyl groups is 2. The molecule has 0 heterocycles. The minimum Gasteiger partial charge on any atom is -0.507 e. The molecule has 0 aromatic heterocycles. The SMILES string of the molecule is O=Cc1cc(Cl)cc(CN(CCc2ccccc2)Cc2cc(Cl)cc(C=O)c2O)c1O. The van der Waals surface area contributed by atoms with Crippen molar-refractivity contribution < 1.29 is 19.8 Å². The molecule has 3 aromatic rings. The number of carbonyl (C=O) groups is 2. The quantitative estimate of drug-likeness (QED) is 0.427. The van der Waals surface area contributed by atoms with E-state index in [0.29, 0.717) is 46.7 Å². The van der Waals surface area contributed by atoms with Crippen LogP contribution in [0.2, 0.25) is 10.0 Å². The number of carbonyl (C=O) groups excluding carboxylic acids is 2. The van der Waals surface area contributed by atoms with Crippen LogP contribution in [0.1, 0.15) is 37.4 Å². The third-order valence-corrected chi connectivity index (χ3v) is 5.40. The molecule has 3 rings (SSSR count). The highest BCUT2D eigenvalue weighted by molar-refractivity contribution is 6.31. The summed E-state index contributed by atoms with van der Waals surface area (Å²) in [5, 5.41) is 21.6.